The van der Waals surface area contributed by atoms with Crippen LogP contribution < -0.4 is 5.73 Å². The average Bonchev–Trinajstić information content (AvgIpc) is 2.48. The second-order valence-corrected chi connectivity index (χ2v) is 7.49. The van der Waals surface area contributed by atoms with Crippen LogP contribution in [0.1, 0.15) is 71.1 Å². The van der Waals surface area contributed by atoms with Crippen LogP contribution >= 0.6 is 0 Å². The lowest BCUT2D eigenvalue weighted by Crippen LogP contribution is -2.57. The first-order chi connectivity index (χ1) is 9.64. The summed E-state index contributed by atoms with van der Waals surface area (Å²) in [6.07, 6.45) is 12.4. The molecular formula is C17H31NO2. The van der Waals surface area contributed by atoms with Gasteiger partial charge in [0, 0.05) is 19.3 Å². The van der Waals surface area contributed by atoms with E-state index in [0.29, 0.717) is 5.92 Å². The quantitative estimate of drug-likeness (QED) is 0.843. The molecule has 1 aliphatic carbocycles. The summed E-state index contributed by atoms with van der Waals surface area (Å²) in [4.78, 5) is 0. The second kappa shape index (κ2) is 5.94. The van der Waals surface area contributed by atoms with Gasteiger partial charge in [0.25, 0.3) is 0 Å². The van der Waals surface area contributed by atoms with Crippen molar-refractivity contribution >= 4 is 0 Å². The van der Waals surface area contributed by atoms with E-state index in [-0.39, 0.29) is 17.2 Å². The Morgan fingerprint density at radius 2 is 1.70 bits per heavy atom. The molecular weight excluding hydrogens is 250 g/mol. The highest BCUT2D eigenvalue weighted by atomic mass is 16.5. The minimum absolute atomic E-state index is 0.101. The van der Waals surface area contributed by atoms with Crippen LogP contribution in [0.4, 0.5) is 0 Å². The summed E-state index contributed by atoms with van der Waals surface area (Å²) in [6, 6.07) is 0.172. The summed E-state index contributed by atoms with van der Waals surface area (Å²) in [5.74, 6) is 0.574. The van der Waals surface area contributed by atoms with Crippen molar-refractivity contribution < 1.29 is 9.47 Å². The molecule has 0 amide bonds. The first-order valence-electron chi connectivity index (χ1n) is 8.67. The van der Waals surface area contributed by atoms with Gasteiger partial charge >= 0.3 is 0 Å². The Kier molecular flexibility index (Phi) is 4.40. The van der Waals surface area contributed by atoms with Gasteiger partial charge in [0.15, 0.2) is 0 Å². The van der Waals surface area contributed by atoms with Gasteiger partial charge < -0.3 is 15.2 Å². The molecule has 0 radical (unpaired) electrons. The van der Waals surface area contributed by atoms with Gasteiger partial charge in [-0.05, 0) is 57.8 Å². The summed E-state index contributed by atoms with van der Waals surface area (Å²) in [7, 11) is 0. The Labute approximate surface area is 123 Å². The molecule has 2 heterocycles. The zero-order chi connectivity index (χ0) is 14.1. The molecule has 3 aliphatic rings. The Bertz CT molecular complexity index is 300. The first-order valence-corrected chi connectivity index (χ1v) is 8.67. The summed E-state index contributed by atoms with van der Waals surface area (Å²) in [5.41, 5.74) is 6.72. The maximum absolute atomic E-state index is 6.67. The van der Waals surface area contributed by atoms with E-state index >= 15 is 0 Å². The van der Waals surface area contributed by atoms with Crippen LogP contribution in [0.3, 0.4) is 0 Å². The summed E-state index contributed by atoms with van der Waals surface area (Å²) in [5, 5.41) is 0. The molecule has 2 N–H and O–H groups in total. The van der Waals surface area contributed by atoms with Gasteiger partial charge in [0.05, 0.1) is 11.2 Å². The zero-order valence-electron chi connectivity index (χ0n) is 13.0. The number of rotatable bonds is 2. The van der Waals surface area contributed by atoms with E-state index in [2.05, 4.69) is 6.92 Å². The molecule has 3 unspecified atom stereocenters. The highest BCUT2D eigenvalue weighted by Crippen LogP contribution is 2.43. The van der Waals surface area contributed by atoms with Crippen molar-refractivity contribution in [3.05, 3.63) is 0 Å². The molecule has 116 valence electrons. The SMILES string of the molecule is CC1(C(N)C2CCOC3(CCCCC3)C2)CCCCO1. The maximum Gasteiger partial charge on any atom is 0.0807 e. The fourth-order valence-electron chi connectivity index (χ4n) is 4.63. The van der Waals surface area contributed by atoms with Crippen LogP contribution in [0.15, 0.2) is 0 Å². The highest BCUT2D eigenvalue weighted by molar-refractivity contribution is 4.99. The van der Waals surface area contributed by atoms with Gasteiger partial charge in [-0.1, -0.05) is 19.3 Å². The lowest BCUT2D eigenvalue weighted by atomic mass is 9.70. The Balaban J connectivity index is 1.66. The fraction of sp³-hybridized carbons (Fsp3) is 1.00. The third-order valence-electron chi connectivity index (χ3n) is 6.01. The smallest absolute Gasteiger partial charge is 0.0807 e. The van der Waals surface area contributed by atoms with Crippen molar-refractivity contribution in [1.82, 2.24) is 0 Å². The number of ether oxygens (including phenoxy) is 2. The van der Waals surface area contributed by atoms with Crippen molar-refractivity contribution in [3.63, 3.8) is 0 Å². The van der Waals surface area contributed by atoms with Gasteiger partial charge in [0.1, 0.15) is 0 Å². The van der Waals surface area contributed by atoms with Crippen molar-refractivity contribution in [3.8, 4) is 0 Å². The maximum atomic E-state index is 6.67. The van der Waals surface area contributed by atoms with Crippen LogP contribution in [-0.2, 0) is 9.47 Å². The van der Waals surface area contributed by atoms with E-state index in [1.807, 2.05) is 0 Å². The molecule has 2 saturated heterocycles. The minimum atomic E-state index is -0.101. The monoisotopic (exact) mass is 281 g/mol. The van der Waals surface area contributed by atoms with E-state index in [9.17, 15) is 0 Å². The molecule has 3 fully saturated rings. The predicted molar refractivity (Wildman–Crippen MR) is 80.7 cm³/mol. The zero-order valence-corrected chi connectivity index (χ0v) is 13.0. The van der Waals surface area contributed by atoms with Crippen molar-refractivity contribution in [1.29, 1.82) is 0 Å². The Hall–Kier alpha value is -0.120. The van der Waals surface area contributed by atoms with Crippen LogP contribution in [0.25, 0.3) is 0 Å². The van der Waals surface area contributed by atoms with Gasteiger partial charge in [-0.15, -0.1) is 0 Å². The molecule has 20 heavy (non-hydrogen) atoms. The van der Waals surface area contributed by atoms with Gasteiger partial charge in [-0.2, -0.15) is 0 Å². The van der Waals surface area contributed by atoms with Crippen molar-refractivity contribution in [2.75, 3.05) is 13.2 Å². The molecule has 3 atom stereocenters. The molecule has 0 aromatic heterocycles. The highest BCUT2D eigenvalue weighted by Gasteiger charge is 2.45. The molecule has 0 bridgehead atoms. The first kappa shape index (κ1) is 14.8. The minimum Gasteiger partial charge on any atom is -0.375 e. The van der Waals surface area contributed by atoms with Gasteiger partial charge in [-0.25, -0.2) is 0 Å². The number of hydrogen-bond acceptors (Lipinski definition) is 3. The molecule has 3 rings (SSSR count). The van der Waals surface area contributed by atoms with E-state index in [4.69, 9.17) is 15.2 Å². The van der Waals surface area contributed by atoms with E-state index < -0.39 is 0 Å². The Morgan fingerprint density at radius 1 is 0.950 bits per heavy atom. The normalized spacial score (nSPS) is 39.6. The van der Waals surface area contributed by atoms with Gasteiger partial charge in [-0.3, -0.25) is 0 Å². The van der Waals surface area contributed by atoms with E-state index in [1.165, 1.54) is 44.9 Å². The largest absolute Gasteiger partial charge is 0.375 e. The van der Waals surface area contributed by atoms with Crippen LogP contribution in [0.5, 0.6) is 0 Å². The van der Waals surface area contributed by atoms with Crippen LogP contribution in [0, 0.1) is 5.92 Å². The van der Waals surface area contributed by atoms with E-state index in [1.54, 1.807) is 0 Å². The lowest BCUT2D eigenvalue weighted by molar-refractivity contribution is -0.145. The Morgan fingerprint density at radius 3 is 2.40 bits per heavy atom. The van der Waals surface area contributed by atoms with Crippen molar-refractivity contribution in [2.24, 2.45) is 11.7 Å². The molecule has 1 saturated carbocycles. The fourth-order valence-corrected chi connectivity index (χ4v) is 4.63. The molecule has 1 spiro atoms. The van der Waals surface area contributed by atoms with E-state index in [0.717, 1.165) is 32.5 Å². The summed E-state index contributed by atoms with van der Waals surface area (Å²) >= 11 is 0. The summed E-state index contributed by atoms with van der Waals surface area (Å²) < 4.78 is 12.3. The molecule has 2 aliphatic heterocycles. The number of hydrogen-bond donors (Lipinski definition) is 1. The third-order valence-corrected chi connectivity index (χ3v) is 6.01. The molecule has 3 heteroatoms. The van der Waals surface area contributed by atoms with Crippen molar-refractivity contribution in [2.45, 2.75) is 88.4 Å². The lowest BCUT2D eigenvalue weighted by Gasteiger charge is -2.49. The second-order valence-electron chi connectivity index (χ2n) is 7.49. The number of nitrogens with two attached hydrogens (primary N) is 1. The molecule has 0 aromatic carbocycles. The summed E-state index contributed by atoms with van der Waals surface area (Å²) in [6.45, 7) is 4.02. The van der Waals surface area contributed by atoms with Gasteiger partial charge in [0.2, 0.25) is 0 Å². The average molecular weight is 281 g/mol. The topological polar surface area (TPSA) is 44.5 Å². The molecule has 0 aromatic rings. The molecule has 3 nitrogen and oxygen atoms in total. The standard InChI is InChI=1S/C17H31NO2/c1-16(8-5-6-11-19-16)15(18)14-7-12-20-17(13-14)9-3-2-4-10-17/h14-15H,2-13,18H2,1H3. The predicted octanol–water partition coefficient (Wildman–Crippen LogP) is 3.40. The van der Waals surface area contributed by atoms with Crippen LogP contribution in [-0.4, -0.2) is 30.5 Å². The van der Waals surface area contributed by atoms with Crippen LogP contribution in [0.2, 0.25) is 0 Å². The third kappa shape index (κ3) is 2.90.